The molecule has 1 aromatic rings. The summed E-state index contributed by atoms with van der Waals surface area (Å²) in [6.07, 6.45) is 0.420. The number of rotatable bonds is 4. The molecule has 0 radical (unpaired) electrons. The first-order valence-electron chi connectivity index (χ1n) is 5.66. The number of carbonyl (C=O) groups is 1. The average Bonchev–Trinajstić information content (AvgIpc) is 2.37. The van der Waals surface area contributed by atoms with E-state index >= 15 is 0 Å². The van der Waals surface area contributed by atoms with E-state index in [1.165, 1.54) is 0 Å². The van der Waals surface area contributed by atoms with Gasteiger partial charge in [-0.3, -0.25) is 10.0 Å². The van der Waals surface area contributed by atoms with Gasteiger partial charge < -0.3 is 15.2 Å². The Morgan fingerprint density at radius 3 is 3.00 bits per heavy atom. The maximum absolute atomic E-state index is 11.5. The largest absolute Gasteiger partial charge is 0.491 e. The number of methoxy groups -OCH3 is 1. The van der Waals surface area contributed by atoms with Gasteiger partial charge in [0.1, 0.15) is 12.4 Å². The molecule has 1 aliphatic heterocycles. The summed E-state index contributed by atoms with van der Waals surface area (Å²) >= 11 is 0. The first kappa shape index (κ1) is 12.8. The molecule has 6 heteroatoms. The molecule has 1 aromatic carbocycles. The van der Waals surface area contributed by atoms with Crippen LogP contribution in [0.1, 0.15) is 5.56 Å². The number of fused-ring (bicyclic) bond motifs is 1. The van der Waals surface area contributed by atoms with Gasteiger partial charge in [-0.05, 0) is 18.1 Å². The molecule has 18 heavy (non-hydrogen) atoms. The minimum Gasteiger partial charge on any atom is -0.491 e. The highest BCUT2D eigenvalue weighted by molar-refractivity contribution is 5.98. The van der Waals surface area contributed by atoms with Gasteiger partial charge in [-0.15, -0.1) is 0 Å². The van der Waals surface area contributed by atoms with E-state index < -0.39 is 11.9 Å². The second kappa shape index (κ2) is 5.34. The van der Waals surface area contributed by atoms with Gasteiger partial charge in [-0.2, -0.15) is 5.06 Å². The van der Waals surface area contributed by atoms with Crippen LogP contribution >= 0.6 is 0 Å². The van der Waals surface area contributed by atoms with Gasteiger partial charge in [0.25, 0.3) is 5.91 Å². The lowest BCUT2D eigenvalue weighted by atomic mass is 9.99. The Bertz CT molecular complexity index is 450. The lowest BCUT2D eigenvalue weighted by Crippen LogP contribution is -2.47. The van der Waals surface area contributed by atoms with E-state index in [1.54, 1.807) is 25.3 Å². The number of hydrogen-bond acceptors (Lipinski definition) is 5. The first-order valence-corrected chi connectivity index (χ1v) is 5.66. The summed E-state index contributed by atoms with van der Waals surface area (Å²) in [6.45, 7) is 0.887. The van der Waals surface area contributed by atoms with Crippen LogP contribution in [0.3, 0.4) is 0 Å². The molecular weight excluding hydrogens is 236 g/mol. The van der Waals surface area contributed by atoms with Crippen LogP contribution in [0.4, 0.5) is 5.69 Å². The Kier molecular flexibility index (Phi) is 3.81. The molecule has 2 rings (SSSR count). The van der Waals surface area contributed by atoms with Gasteiger partial charge in [0.05, 0.1) is 18.3 Å². The number of ether oxygens (including phenoxy) is 2. The fourth-order valence-electron chi connectivity index (χ4n) is 1.85. The lowest BCUT2D eigenvalue weighted by Gasteiger charge is -2.27. The van der Waals surface area contributed by atoms with Crippen molar-refractivity contribution in [3.05, 3.63) is 23.8 Å². The highest BCUT2D eigenvalue weighted by Gasteiger charge is 2.29. The third kappa shape index (κ3) is 2.45. The molecule has 6 nitrogen and oxygen atoms in total. The van der Waals surface area contributed by atoms with Crippen LogP contribution in [0.25, 0.3) is 0 Å². The number of anilines is 1. The van der Waals surface area contributed by atoms with E-state index in [1.807, 2.05) is 0 Å². The predicted molar refractivity (Wildman–Crippen MR) is 64.8 cm³/mol. The highest BCUT2D eigenvalue weighted by atomic mass is 16.5. The smallest absolute Gasteiger partial charge is 0.267 e. The monoisotopic (exact) mass is 252 g/mol. The SMILES string of the molecule is COCCOc1ccc2c(c1)N(O)C(=O)[C@@H](N)C2. The van der Waals surface area contributed by atoms with Gasteiger partial charge in [0.2, 0.25) is 0 Å². The Labute approximate surface area is 105 Å². The molecule has 1 atom stereocenters. The molecule has 0 spiro atoms. The van der Waals surface area contributed by atoms with Crippen LogP contribution in [0.15, 0.2) is 18.2 Å². The molecule has 0 aliphatic carbocycles. The quantitative estimate of drug-likeness (QED) is 0.595. The van der Waals surface area contributed by atoms with E-state index in [4.69, 9.17) is 15.2 Å². The summed E-state index contributed by atoms with van der Waals surface area (Å²) in [5.41, 5.74) is 6.87. The van der Waals surface area contributed by atoms with Crippen molar-refractivity contribution in [2.45, 2.75) is 12.5 Å². The number of hydroxylamine groups is 1. The summed E-state index contributed by atoms with van der Waals surface area (Å²) in [6, 6.07) is 4.51. The fraction of sp³-hybridized carbons (Fsp3) is 0.417. The standard InChI is InChI=1S/C12H16N2O4/c1-17-4-5-18-9-3-2-8-6-10(13)12(15)14(16)11(8)7-9/h2-3,7,10,16H,4-6,13H2,1H3/t10-/m0/s1. The van der Waals surface area contributed by atoms with Crippen LogP contribution in [-0.2, 0) is 16.0 Å². The van der Waals surface area contributed by atoms with Crippen molar-refractivity contribution in [1.82, 2.24) is 0 Å². The van der Waals surface area contributed by atoms with E-state index in [0.29, 0.717) is 36.1 Å². The summed E-state index contributed by atoms with van der Waals surface area (Å²) in [5.74, 6) is 0.0738. The molecule has 98 valence electrons. The molecule has 0 fully saturated rings. The topological polar surface area (TPSA) is 85.0 Å². The molecular formula is C12H16N2O4. The van der Waals surface area contributed by atoms with Crippen molar-refractivity contribution < 1.29 is 19.5 Å². The zero-order valence-electron chi connectivity index (χ0n) is 10.1. The molecule has 0 saturated heterocycles. The number of hydrogen-bond donors (Lipinski definition) is 2. The Hall–Kier alpha value is -1.63. The minimum absolute atomic E-state index is 0.411. The Morgan fingerprint density at radius 1 is 1.50 bits per heavy atom. The van der Waals surface area contributed by atoms with Gasteiger partial charge in [0, 0.05) is 13.2 Å². The zero-order valence-corrected chi connectivity index (χ0v) is 10.1. The summed E-state index contributed by atoms with van der Waals surface area (Å²) < 4.78 is 10.3. The molecule has 3 N–H and O–H groups in total. The fourth-order valence-corrected chi connectivity index (χ4v) is 1.85. The summed E-state index contributed by atoms with van der Waals surface area (Å²) in [4.78, 5) is 11.5. The number of carbonyl (C=O) groups excluding carboxylic acids is 1. The Balaban J connectivity index is 2.18. The summed E-state index contributed by atoms with van der Waals surface area (Å²) in [5, 5.41) is 10.3. The van der Waals surface area contributed by atoms with Crippen LogP contribution in [-0.4, -0.2) is 37.5 Å². The number of nitrogens with zero attached hydrogens (tertiary/aromatic N) is 1. The maximum atomic E-state index is 11.5. The van der Waals surface area contributed by atoms with Crippen molar-refractivity contribution in [2.24, 2.45) is 5.73 Å². The van der Waals surface area contributed by atoms with Crippen molar-refractivity contribution >= 4 is 11.6 Å². The van der Waals surface area contributed by atoms with Crippen LogP contribution in [0.2, 0.25) is 0 Å². The van der Waals surface area contributed by atoms with Gasteiger partial charge in [0.15, 0.2) is 0 Å². The lowest BCUT2D eigenvalue weighted by molar-refractivity contribution is -0.125. The molecule has 0 saturated carbocycles. The second-order valence-corrected chi connectivity index (χ2v) is 4.09. The van der Waals surface area contributed by atoms with E-state index in [2.05, 4.69) is 0 Å². The van der Waals surface area contributed by atoms with Crippen molar-refractivity contribution in [2.75, 3.05) is 25.4 Å². The maximum Gasteiger partial charge on any atom is 0.267 e. The van der Waals surface area contributed by atoms with Crippen molar-refractivity contribution in [3.63, 3.8) is 0 Å². The zero-order chi connectivity index (χ0) is 13.1. The molecule has 1 amide bonds. The Morgan fingerprint density at radius 2 is 2.28 bits per heavy atom. The third-order valence-corrected chi connectivity index (χ3v) is 2.81. The molecule has 1 aliphatic rings. The average molecular weight is 252 g/mol. The first-order chi connectivity index (χ1) is 8.63. The number of amides is 1. The van der Waals surface area contributed by atoms with E-state index in [9.17, 15) is 10.0 Å². The van der Waals surface area contributed by atoms with Gasteiger partial charge >= 0.3 is 0 Å². The highest BCUT2D eigenvalue weighted by Crippen LogP contribution is 2.30. The summed E-state index contributed by atoms with van der Waals surface area (Å²) in [7, 11) is 1.59. The van der Waals surface area contributed by atoms with E-state index in [-0.39, 0.29) is 0 Å². The van der Waals surface area contributed by atoms with Crippen LogP contribution in [0, 0.1) is 0 Å². The van der Waals surface area contributed by atoms with Crippen LogP contribution in [0.5, 0.6) is 5.75 Å². The molecule has 1 heterocycles. The number of nitrogens with two attached hydrogens (primary N) is 1. The second-order valence-electron chi connectivity index (χ2n) is 4.09. The minimum atomic E-state index is -0.692. The number of benzene rings is 1. The van der Waals surface area contributed by atoms with Gasteiger partial charge in [-0.1, -0.05) is 6.07 Å². The van der Waals surface area contributed by atoms with Crippen molar-refractivity contribution in [3.8, 4) is 5.75 Å². The third-order valence-electron chi connectivity index (χ3n) is 2.81. The van der Waals surface area contributed by atoms with Crippen molar-refractivity contribution in [1.29, 1.82) is 0 Å². The predicted octanol–water partition coefficient (Wildman–Crippen LogP) is 0.317. The van der Waals surface area contributed by atoms with Gasteiger partial charge in [-0.25, -0.2) is 0 Å². The normalized spacial score (nSPS) is 18.7. The molecule has 0 unspecified atom stereocenters. The van der Waals surface area contributed by atoms with Crippen LogP contribution < -0.4 is 15.5 Å². The molecule has 0 aromatic heterocycles. The van der Waals surface area contributed by atoms with E-state index in [0.717, 1.165) is 5.56 Å². The molecule has 0 bridgehead atoms.